The van der Waals surface area contributed by atoms with Crippen molar-refractivity contribution in [2.45, 2.75) is 121 Å². The Morgan fingerprint density at radius 2 is 1.49 bits per heavy atom. The summed E-state index contributed by atoms with van der Waals surface area (Å²) in [4.78, 5) is 105. The normalized spacial score (nSPS) is 24.5. The highest BCUT2D eigenvalue weighted by atomic mass is 16.6. The molecule has 2 saturated carbocycles. The molecule has 1 aromatic heterocycles. The van der Waals surface area contributed by atoms with Crippen LogP contribution in [0.4, 0.5) is 5.69 Å². The van der Waals surface area contributed by atoms with Gasteiger partial charge in [0.25, 0.3) is 5.91 Å². The maximum absolute atomic E-state index is 16.5. The monoisotopic (exact) mass is 1320 g/mol. The van der Waals surface area contributed by atoms with Crippen molar-refractivity contribution < 1.29 is 87.1 Å². The molecule has 1 saturated heterocycles. The Morgan fingerprint density at radius 1 is 0.833 bits per heavy atom. The number of hydrogen-bond donors (Lipinski definition) is 6. The summed E-state index contributed by atoms with van der Waals surface area (Å²) in [5.41, 5.74) is -5.12. The zero-order chi connectivity index (χ0) is 68.7. The van der Waals surface area contributed by atoms with E-state index in [0.717, 1.165) is 19.4 Å². The number of rotatable bonds is 26. The van der Waals surface area contributed by atoms with Crippen LogP contribution in [0.25, 0.3) is 17.1 Å². The number of ketones is 1. The van der Waals surface area contributed by atoms with Gasteiger partial charge in [-0.05, 0) is 77.7 Å². The zero-order valence-corrected chi connectivity index (χ0v) is 54.1. The van der Waals surface area contributed by atoms with Gasteiger partial charge in [-0.1, -0.05) is 117 Å². The molecule has 1 aliphatic heterocycles. The van der Waals surface area contributed by atoms with Crippen LogP contribution in [-0.4, -0.2) is 176 Å². The fourth-order valence-electron chi connectivity index (χ4n) is 13.9. The Hall–Kier alpha value is -9.50. The molecule has 5 aromatic carbocycles. The van der Waals surface area contributed by atoms with E-state index in [2.05, 4.69) is 32.6 Å². The standard InChI is InChI=1S/C71H79N7O18/c1-8-36-90-52-37-50(77(32-34-79)33-35-80)28-29-51(52)78-75-64(74-76-78)47-26-24-45(25-27-47)40-72-31-30-56(83)94-54-38-55-70(41-91-55,96-44(4)82)61-63(95-66(87)49-22-16-11-17-23-49)71(89)39-53(42(2)57(68(71,5)6)60(92-43(3)81)62(85)69(54,61)7)93-67(88)59(84)58(46-18-12-9-13-19-46)73-65(86)48-20-14-10-15-21-48/h8-29,37,53-55,58-61,63,72,79-80,84,89H,1,30-36,38-41H2,2-7H3,(H,73,86)/t53-,54-,55+,58-,59+,60+,61-,63-,69+,70-,71+/m0/s1. The van der Waals surface area contributed by atoms with Gasteiger partial charge in [0.15, 0.2) is 23.6 Å². The number of fused-ring (bicyclic) bond motifs is 5. The number of esters is 5. The van der Waals surface area contributed by atoms with Crippen molar-refractivity contribution >= 4 is 47.2 Å². The van der Waals surface area contributed by atoms with Crippen molar-refractivity contribution in [2.75, 3.05) is 51.0 Å². The summed E-state index contributed by atoms with van der Waals surface area (Å²) in [6.45, 7) is 12.5. The van der Waals surface area contributed by atoms with Crippen LogP contribution < -0.4 is 20.3 Å². The van der Waals surface area contributed by atoms with Gasteiger partial charge >= 0.3 is 29.8 Å². The van der Waals surface area contributed by atoms with Crippen molar-refractivity contribution in [3.05, 3.63) is 180 Å². The number of Topliss-reactive ketones (excluding diaryl/α,β-unsaturated/α-hetero) is 1. The van der Waals surface area contributed by atoms with Gasteiger partial charge in [-0.2, -0.15) is 0 Å². The highest BCUT2D eigenvalue weighted by Gasteiger charge is 2.79. The first kappa shape index (κ1) is 69.3. The topological polar surface area (TPSA) is 336 Å². The summed E-state index contributed by atoms with van der Waals surface area (Å²) in [7, 11) is 0. The quantitative estimate of drug-likeness (QED) is 0.0170. The van der Waals surface area contributed by atoms with Crippen molar-refractivity contribution in [1.29, 1.82) is 0 Å². The maximum Gasteiger partial charge on any atom is 0.338 e. The summed E-state index contributed by atoms with van der Waals surface area (Å²) < 4.78 is 43.8. The first-order chi connectivity index (χ1) is 46.0. The van der Waals surface area contributed by atoms with E-state index < -0.39 is 125 Å². The molecule has 3 aliphatic carbocycles. The highest BCUT2D eigenvalue weighted by molar-refractivity contribution is 5.97. The van der Waals surface area contributed by atoms with Crippen LogP contribution in [-0.2, 0) is 58.9 Å². The van der Waals surface area contributed by atoms with Crippen LogP contribution in [0.2, 0.25) is 0 Å². The van der Waals surface area contributed by atoms with Crippen molar-refractivity contribution in [3.63, 3.8) is 0 Å². The van der Waals surface area contributed by atoms with Gasteiger partial charge in [0.2, 0.25) is 5.82 Å². The number of nitrogens with one attached hydrogen (secondary N) is 2. The average molecular weight is 1320 g/mol. The lowest BCUT2D eigenvalue weighted by Crippen LogP contribution is -2.82. The molecule has 506 valence electrons. The second kappa shape index (κ2) is 29.2. The average Bonchev–Trinajstić information content (AvgIpc) is 0.701. The van der Waals surface area contributed by atoms with Gasteiger partial charge in [-0.25, -0.2) is 9.59 Å². The predicted octanol–water partition coefficient (Wildman–Crippen LogP) is 5.47. The van der Waals surface area contributed by atoms with E-state index in [4.69, 9.17) is 33.2 Å². The smallest absolute Gasteiger partial charge is 0.338 e. The Morgan fingerprint density at radius 3 is 2.10 bits per heavy atom. The summed E-state index contributed by atoms with van der Waals surface area (Å²) in [5, 5.41) is 64.7. The molecule has 0 spiro atoms. The molecule has 6 N–H and O–H groups in total. The largest absolute Gasteiger partial charge is 0.487 e. The molecule has 11 atom stereocenters. The van der Waals surface area contributed by atoms with Crippen LogP contribution in [0, 0.1) is 16.7 Å². The Kier molecular flexibility index (Phi) is 21.1. The second-order valence-electron chi connectivity index (χ2n) is 25.0. The van der Waals surface area contributed by atoms with Gasteiger partial charge in [0.05, 0.1) is 49.2 Å². The van der Waals surface area contributed by atoms with Crippen LogP contribution >= 0.6 is 0 Å². The van der Waals surface area contributed by atoms with Gasteiger partial charge in [-0.15, -0.1) is 15.0 Å². The third kappa shape index (κ3) is 13.8. The highest BCUT2D eigenvalue weighted by Crippen LogP contribution is 2.65. The lowest BCUT2D eigenvalue weighted by Gasteiger charge is -2.67. The Labute approximate surface area is 554 Å². The first-order valence-corrected chi connectivity index (χ1v) is 31.7. The minimum absolute atomic E-state index is 0.0175. The molecule has 6 aromatic rings. The number of nitrogens with zero attached hydrogens (tertiary/aromatic N) is 5. The number of aromatic nitrogens is 4. The van der Waals surface area contributed by atoms with E-state index in [1.165, 1.54) is 30.8 Å². The number of tetrazole rings is 1. The third-order valence-corrected chi connectivity index (χ3v) is 18.8. The lowest BCUT2D eigenvalue weighted by molar-refractivity contribution is -0.346. The Bertz CT molecular complexity index is 3860. The minimum Gasteiger partial charge on any atom is -0.487 e. The van der Waals surface area contributed by atoms with E-state index in [1.807, 2.05) is 29.2 Å². The predicted molar refractivity (Wildman–Crippen MR) is 345 cm³/mol. The summed E-state index contributed by atoms with van der Waals surface area (Å²) in [6.07, 6.45) is -9.79. The third-order valence-electron chi connectivity index (χ3n) is 18.8. The van der Waals surface area contributed by atoms with E-state index in [0.29, 0.717) is 47.2 Å². The van der Waals surface area contributed by atoms with Gasteiger partial charge in [-0.3, -0.25) is 24.0 Å². The molecule has 96 heavy (non-hydrogen) atoms. The molecular formula is C71H79N7O18. The van der Waals surface area contributed by atoms with Crippen LogP contribution in [0.15, 0.2) is 157 Å². The molecule has 0 unspecified atom stereocenters. The van der Waals surface area contributed by atoms with Gasteiger partial charge < -0.3 is 69.1 Å². The van der Waals surface area contributed by atoms with E-state index in [9.17, 15) is 49.2 Å². The number of benzene rings is 5. The van der Waals surface area contributed by atoms with Gasteiger partial charge in [0, 0.05) is 81.2 Å². The molecule has 2 heterocycles. The number of carbonyl (C=O) groups excluding carboxylic acids is 7. The van der Waals surface area contributed by atoms with Crippen molar-refractivity contribution in [2.24, 2.45) is 16.7 Å². The number of aliphatic hydroxyl groups excluding tert-OH is 3. The van der Waals surface area contributed by atoms with Crippen LogP contribution in [0.1, 0.15) is 98.7 Å². The van der Waals surface area contributed by atoms with Crippen molar-refractivity contribution in [3.8, 4) is 22.8 Å². The number of ether oxygens (including phenoxy) is 7. The lowest BCUT2D eigenvalue weighted by atomic mass is 9.44. The van der Waals surface area contributed by atoms with E-state index in [1.54, 1.807) is 117 Å². The first-order valence-electron chi connectivity index (χ1n) is 31.7. The van der Waals surface area contributed by atoms with E-state index >= 15 is 4.79 Å². The summed E-state index contributed by atoms with van der Waals surface area (Å²) >= 11 is 0. The minimum atomic E-state index is -2.52. The summed E-state index contributed by atoms with van der Waals surface area (Å²) in [6, 6.07) is 35.3. The van der Waals surface area contributed by atoms with Crippen LogP contribution in [0.3, 0.4) is 0 Å². The zero-order valence-electron chi connectivity index (χ0n) is 54.1. The molecule has 25 nitrogen and oxygen atoms in total. The summed E-state index contributed by atoms with van der Waals surface area (Å²) in [5.74, 6) is -7.32. The SMILES string of the molecule is C=CCOc1cc(N(CCO)CCO)ccc1-n1nnc(-c2ccc(CNCCC(=O)O[C@H]3C[C@H]4OC[C@@]4(OC(C)=O)[C@H]4[C@H](OC(=O)c5ccccc5)[C@]5(O)C[C@H](OC(=O)[C@H](O)[C@@H](NC(=O)c6ccccc6)c6ccccc6)C(C)=C([C@@H](OC(C)=O)C(=O)[C@]34C)C5(C)C)cc2)n1. The maximum atomic E-state index is 16.5. The van der Waals surface area contributed by atoms with Crippen LogP contribution in [0.5, 0.6) is 5.75 Å². The van der Waals surface area contributed by atoms with E-state index in [-0.39, 0.29) is 68.0 Å². The number of carbonyl (C=O) groups is 7. The molecule has 3 fully saturated rings. The fraction of sp³-hybridized carbons (Fsp3) is 0.408. The molecule has 10 rings (SSSR count). The number of anilines is 1. The molecule has 1 amide bonds. The molecule has 4 aliphatic rings. The molecule has 2 bridgehead atoms. The Balaban J connectivity index is 0.938. The molecule has 25 heteroatoms. The van der Waals surface area contributed by atoms with Crippen molar-refractivity contribution in [1.82, 2.24) is 30.8 Å². The number of amides is 1. The fourth-order valence-corrected chi connectivity index (χ4v) is 13.9. The molecular weight excluding hydrogens is 1240 g/mol. The molecule has 0 radical (unpaired) electrons. The number of aliphatic hydroxyl groups is 4. The second-order valence-corrected chi connectivity index (χ2v) is 25.0. The van der Waals surface area contributed by atoms with Gasteiger partial charge in [0.1, 0.15) is 48.1 Å². The number of hydrogen-bond acceptors (Lipinski definition) is 23.